The molecule has 0 bridgehead atoms. The molecule has 0 aromatic heterocycles. The summed E-state index contributed by atoms with van der Waals surface area (Å²) in [7, 11) is 0. The van der Waals surface area contributed by atoms with Crippen molar-refractivity contribution in [3.05, 3.63) is 65.5 Å². The molecule has 4 nitrogen and oxygen atoms in total. The number of hydrogen-bond acceptors (Lipinski definition) is 2. The quantitative estimate of drug-likeness (QED) is 0.913. The fourth-order valence-electron chi connectivity index (χ4n) is 3.16. The fraction of sp³-hybridized carbons (Fsp3) is 0.333. The van der Waals surface area contributed by atoms with Gasteiger partial charge in [0.1, 0.15) is 5.82 Å². The predicted octanol–water partition coefficient (Wildman–Crippen LogP) is 3.55. The van der Waals surface area contributed by atoms with Gasteiger partial charge in [-0.3, -0.25) is 9.59 Å². The van der Waals surface area contributed by atoms with Crippen molar-refractivity contribution in [1.82, 2.24) is 4.90 Å². The first kappa shape index (κ1) is 18.1. The van der Waals surface area contributed by atoms with E-state index in [-0.39, 0.29) is 23.5 Å². The maximum absolute atomic E-state index is 12.9. The largest absolute Gasteiger partial charge is 0.342 e. The summed E-state index contributed by atoms with van der Waals surface area (Å²) in [6, 6.07) is 13.7. The van der Waals surface area contributed by atoms with Crippen LogP contribution in [-0.4, -0.2) is 29.8 Å². The molecule has 1 N–H and O–H groups in total. The van der Waals surface area contributed by atoms with Gasteiger partial charge in [0, 0.05) is 24.7 Å². The molecule has 0 radical (unpaired) electrons. The Hall–Kier alpha value is -2.69. The van der Waals surface area contributed by atoms with Gasteiger partial charge in [-0.2, -0.15) is 0 Å². The van der Waals surface area contributed by atoms with E-state index in [1.165, 1.54) is 17.7 Å². The van der Waals surface area contributed by atoms with E-state index in [9.17, 15) is 14.0 Å². The molecule has 0 spiro atoms. The summed E-state index contributed by atoms with van der Waals surface area (Å²) in [6.07, 6.45) is 1.69. The van der Waals surface area contributed by atoms with Crippen molar-refractivity contribution in [3.8, 4) is 0 Å². The summed E-state index contributed by atoms with van der Waals surface area (Å²) >= 11 is 0. The number of amides is 2. The maximum Gasteiger partial charge on any atom is 0.227 e. The molecule has 26 heavy (non-hydrogen) atoms. The summed E-state index contributed by atoms with van der Waals surface area (Å²) in [5, 5.41) is 2.82. The van der Waals surface area contributed by atoms with E-state index in [1.807, 2.05) is 36.1 Å². The average molecular weight is 354 g/mol. The van der Waals surface area contributed by atoms with E-state index in [0.29, 0.717) is 38.0 Å². The number of benzene rings is 2. The molecule has 1 saturated heterocycles. The summed E-state index contributed by atoms with van der Waals surface area (Å²) in [4.78, 5) is 26.6. The highest BCUT2D eigenvalue weighted by atomic mass is 19.1. The van der Waals surface area contributed by atoms with Crippen LogP contribution in [0, 0.1) is 18.7 Å². The maximum atomic E-state index is 12.9. The van der Waals surface area contributed by atoms with Gasteiger partial charge in [-0.1, -0.05) is 29.8 Å². The Morgan fingerprint density at radius 3 is 2.27 bits per heavy atom. The first-order chi connectivity index (χ1) is 12.5. The zero-order valence-electron chi connectivity index (χ0n) is 14.9. The van der Waals surface area contributed by atoms with Gasteiger partial charge < -0.3 is 10.2 Å². The SMILES string of the molecule is Cc1ccc(CC(=O)N2CCC(C(=O)Nc3ccc(F)cc3)CC2)cc1. The lowest BCUT2D eigenvalue weighted by molar-refractivity contribution is -0.133. The van der Waals surface area contributed by atoms with Crippen LogP contribution in [0.3, 0.4) is 0 Å². The minimum atomic E-state index is -0.330. The van der Waals surface area contributed by atoms with Crippen molar-refractivity contribution in [2.75, 3.05) is 18.4 Å². The first-order valence-electron chi connectivity index (χ1n) is 8.91. The zero-order valence-corrected chi connectivity index (χ0v) is 14.9. The Balaban J connectivity index is 1.48. The van der Waals surface area contributed by atoms with E-state index in [2.05, 4.69) is 5.32 Å². The number of nitrogens with one attached hydrogen (secondary N) is 1. The molecule has 0 atom stereocenters. The molecule has 2 aromatic rings. The molecule has 0 aliphatic carbocycles. The number of hydrogen-bond donors (Lipinski definition) is 1. The molecular formula is C21H23FN2O2. The number of anilines is 1. The molecule has 3 rings (SSSR count). The molecule has 2 amide bonds. The monoisotopic (exact) mass is 354 g/mol. The minimum absolute atomic E-state index is 0.0674. The van der Waals surface area contributed by atoms with Gasteiger partial charge in [-0.15, -0.1) is 0 Å². The number of carbonyl (C=O) groups excluding carboxylic acids is 2. The number of carbonyl (C=O) groups is 2. The van der Waals surface area contributed by atoms with Crippen molar-refractivity contribution in [2.45, 2.75) is 26.2 Å². The van der Waals surface area contributed by atoms with Gasteiger partial charge in [0.05, 0.1) is 6.42 Å². The lowest BCUT2D eigenvalue weighted by atomic mass is 9.95. The first-order valence-corrected chi connectivity index (χ1v) is 8.91. The second-order valence-electron chi connectivity index (χ2n) is 6.81. The van der Waals surface area contributed by atoms with Crippen LogP contribution in [0.5, 0.6) is 0 Å². The molecule has 1 heterocycles. The van der Waals surface area contributed by atoms with Crippen LogP contribution in [0.25, 0.3) is 0 Å². The van der Waals surface area contributed by atoms with E-state index in [4.69, 9.17) is 0 Å². The number of aryl methyl sites for hydroxylation is 1. The van der Waals surface area contributed by atoms with Crippen LogP contribution in [0.1, 0.15) is 24.0 Å². The highest BCUT2D eigenvalue weighted by Gasteiger charge is 2.27. The van der Waals surface area contributed by atoms with E-state index < -0.39 is 0 Å². The van der Waals surface area contributed by atoms with Crippen LogP contribution < -0.4 is 5.32 Å². The van der Waals surface area contributed by atoms with Crippen LogP contribution in [-0.2, 0) is 16.0 Å². The summed E-state index contributed by atoms with van der Waals surface area (Å²) in [5.74, 6) is -0.416. The average Bonchev–Trinajstić information content (AvgIpc) is 2.65. The molecule has 136 valence electrons. The highest BCUT2D eigenvalue weighted by molar-refractivity contribution is 5.92. The van der Waals surface area contributed by atoms with Crippen molar-refractivity contribution in [1.29, 1.82) is 0 Å². The molecule has 1 aliphatic rings. The highest BCUT2D eigenvalue weighted by Crippen LogP contribution is 2.20. The molecule has 1 aliphatic heterocycles. The van der Waals surface area contributed by atoms with Crippen LogP contribution in [0.15, 0.2) is 48.5 Å². The van der Waals surface area contributed by atoms with Crippen LogP contribution >= 0.6 is 0 Å². The number of rotatable bonds is 4. The fourth-order valence-corrected chi connectivity index (χ4v) is 3.16. The molecule has 1 fully saturated rings. The molecule has 0 saturated carbocycles. The number of nitrogens with zero attached hydrogens (tertiary/aromatic N) is 1. The Morgan fingerprint density at radius 1 is 1.04 bits per heavy atom. The zero-order chi connectivity index (χ0) is 18.5. The third kappa shape index (κ3) is 4.69. The van der Waals surface area contributed by atoms with Gasteiger partial charge in [0.25, 0.3) is 0 Å². The number of likely N-dealkylation sites (tertiary alicyclic amines) is 1. The van der Waals surface area contributed by atoms with E-state index in [1.54, 1.807) is 12.1 Å². The minimum Gasteiger partial charge on any atom is -0.342 e. The molecule has 2 aromatic carbocycles. The second kappa shape index (κ2) is 8.13. The Morgan fingerprint density at radius 2 is 1.65 bits per heavy atom. The summed E-state index contributed by atoms with van der Waals surface area (Å²) in [5.41, 5.74) is 2.78. The van der Waals surface area contributed by atoms with Gasteiger partial charge in [-0.25, -0.2) is 4.39 Å². The molecule has 0 unspecified atom stereocenters. The lowest BCUT2D eigenvalue weighted by Crippen LogP contribution is -2.42. The van der Waals surface area contributed by atoms with E-state index >= 15 is 0 Å². The molecule has 5 heteroatoms. The van der Waals surface area contributed by atoms with Crippen molar-refractivity contribution < 1.29 is 14.0 Å². The third-order valence-electron chi connectivity index (χ3n) is 4.81. The van der Waals surface area contributed by atoms with Crippen molar-refractivity contribution in [3.63, 3.8) is 0 Å². The topological polar surface area (TPSA) is 49.4 Å². The Labute approximate surface area is 153 Å². The number of halogens is 1. The van der Waals surface area contributed by atoms with Gasteiger partial charge in [-0.05, 0) is 49.6 Å². The van der Waals surface area contributed by atoms with E-state index in [0.717, 1.165) is 5.56 Å². The lowest BCUT2D eigenvalue weighted by Gasteiger charge is -2.31. The third-order valence-corrected chi connectivity index (χ3v) is 4.81. The Kier molecular flexibility index (Phi) is 5.66. The normalized spacial score (nSPS) is 14.9. The predicted molar refractivity (Wildman–Crippen MR) is 99.2 cm³/mol. The van der Waals surface area contributed by atoms with Gasteiger partial charge in [0.2, 0.25) is 11.8 Å². The van der Waals surface area contributed by atoms with Gasteiger partial charge >= 0.3 is 0 Å². The van der Waals surface area contributed by atoms with Crippen LogP contribution in [0.4, 0.5) is 10.1 Å². The van der Waals surface area contributed by atoms with Gasteiger partial charge in [0.15, 0.2) is 0 Å². The summed E-state index contributed by atoms with van der Waals surface area (Å²) in [6.45, 7) is 3.20. The summed E-state index contributed by atoms with van der Waals surface area (Å²) < 4.78 is 12.9. The van der Waals surface area contributed by atoms with Crippen LogP contribution in [0.2, 0.25) is 0 Å². The second-order valence-corrected chi connectivity index (χ2v) is 6.81. The number of piperidine rings is 1. The standard InChI is InChI=1S/C21H23FN2O2/c1-15-2-4-16(5-3-15)14-20(25)24-12-10-17(11-13-24)21(26)23-19-8-6-18(22)7-9-19/h2-9,17H,10-14H2,1H3,(H,23,26). The van der Waals surface area contributed by atoms with Crippen molar-refractivity contribution in [2.24, 2.45) is 5.92 Å². The smallest absolute Gasteiger partial charge is 0.227 e. The molecular weight excluding hydrogens is 331 g/mol. The van der Waals surface area contributed by atoms with Crippen molar-refractivity contribution >= 4 is 17.5 Å². The Bertz CT molecular complexity index is 696.